The lowest BCUT2D eigenvalue weighted by Crippen LogP contribution is -2.11. The number of rotatable bonds is 3. The number of nitrogens with zero attached hydrogens (tertiary/aromatic N) is 2. The number of nitrogen functional groups attached to an aromatic ring is 1. The summed E-state index contributed by atoms with van der Waals surface area (Å²) in [5, 5.41) is 2.87. The van der Waals surface area contributed by atoms with Crippen LogP contribution in [0.1, 0.15) is 5.56 Å². The maximum absolute atomic E-state index is 13.4. The first-order chi connectivity index (χ1) is 8.19. The molecule has 0 aliphatic heterocycles. The first kappa shape index (κ1) is 11.3. The lowest BCUT2D eigenvalue weighted by molar-refractivity contribution is 0.619. The molecule has 0 bridgehead atoms. The molecule has 17 heavy (non-hydrogen) atoms. The van der Waals surface area contributed by atoms with E-state index in [1.165, 1.54) is 0 Å². The Labute approximate surface area is 97.9 Å². The molecule has 2 aromatic rings. The average molecular weight is 233 g/mol. The van der Waals surface area contributed by atoms with Crippen LogP contribution in [0.2, 0.25) is 0 Å². The van der Waals surface area contributed by atoms with Gasteiger partial charge in [0.05, 0.1) is 6.20 Å². The van der Waals surface area contributed by atoms with Gasteiger partial charge in [-0.25, -0.2) is 15.2 Å². The Morgan fingerprint density at radius 2 is 2.18 bits per heavy atom. The van der Waals surface area contributed by atoms with Crippen LogP contribution >= 0.6 is 0 Å². The predicted molar refractivity (Wildman–Crippen MR) is 64.3 cm³/mol. The van der Waals surface area contributed by atoms with Gasteiger partial charge < -0.3 is 5.32 Å². The van der Waals surface area contributed by atoms with Gasteiger partial charge >= 0.3 is 0 Å². The molecule has 0 atom stereocenters. The summed E-state index contributed by atoms with van der Waals surface area (Å²) in [6.07, 6.45) is 1.06. The van der Waals surface area contributed by atoms with Crippen LogP contribution in [0.25, 0.3) is 0 Å². The smallest absolute Gasteiger partial charge is 0.239 e. The van der Waals surface area contributed by atoms with Gasteiger partial charge in [0.1, 0.15) is 0 Å². The van der Waals surface area contributed by atoms with Crippen LogP contribution in [-0.2, 0) is 0 Å². The van der Waals surface area contributed by atoms with E-state index in [0.717, 1.165) is 17.4 Å². The number of halogens is 1. The Morgan fingerprint density at radius 1 is 1.35 bits per heavy atom. The van der Waals surface area contributed by atoms with Gasteiger partial charge in [0, 0.05) is 5.69 Å². The van der Waals surface area contributed by atoms with Crippen molar-refractivity contribution in [3.63, 3.8) is 0 Å². The zero-order valence-electron chi connectivity index (χ0n) is 9.24. The molecule has 0 aliphatic carbocycles. The van der Waals surface area contributed by atoms with Crippen molar-refractivity contribution >= 4 is 17.5 Å². The summed E-state index contributed by atoms with van der Waals surface area (Å²) in [5.41, 5.74) is 4.09. The standard InChI is InChI=1S/C11H12FN5/c1-7-3-2-4-8(5-7)15-10-9(12)6-14-11(16-10)17-13/h2-6H,13H2,1H3,(H2,14,15,16,17). The average Bonchev–Trinajstić information content (AvgIpc) is 2.32. The second kappa shape index (κ2) is 4.75. The normalized spacial score (nSPS) is 10.1. The molecule has 0 saturated carbocycles. The number of nitrogens with one attached hydrogen (secondary N) is 2. The topological polar surface area (TPSA) is 75.9 Å². The molecule has 0 saturated heterocycles. The SMILES string of the molecule is Cc1cccc(Nc2nc(NN)ncc2F)c1. The van der Waals surface area contributed by atoms with E-state index in [-0.39, 0.29) is 11.8 Å². The van der Waals surface area contributed by atoms with Gasteiger partial charge in [-0.1, -0.05) is 12.1 Å². The van der Waals surface area contributed by atoms with Gasteiger partial charge in [0.15, 0.2) is 11.6 Å². The van der Waals surface area contributed by atoms with E-state index in [1.54, 1.807) is 0 Å². The van der Waals surface area contributed by atoms with Crippen molar-refractivity contribution in [1.82, 2.24) is 9.97 Å². The minimum atomic E-state index is -0.537. The molecule has 0 radical (unpaired) electrons. The van der Waals surface area contributed by atoms with Crippen molar-refractivity contribution in [3.05, 3.63) is 41.8 Å². The number of anilines is 3. The fourth-order valence-corrected chi connectivity index (χ4v) is 1.38. The molecule has 0 unspecified atom stereocenters. The van der Waals surface area contributed by atoms with E-state index >= 15 is 0 Å². The van der Waals surface area contributed by atoms with Crippen molar-refractivity contribution in [3.8, 4) is 0 Å². The summed E-state index contributed by atoms with van der Waals surface area (Å²) in [6.45, 7) is 1.95. The first-order valence-electron chi connectivity index (χ1n) is 5.02. The van der Waals surface area contributed by atoms with E-state index in [1.807, 2.05) is 31.2 Å². The molecule has 1 aromatic carbocycles. The highest BCUT2D eigenvalue weighted by molar-refractivity contribution is 5.58. The molecule has 1 heterocycles. The molecule has 0 amide bonds. The van der Waals surface area contributed by atoms with E-state index < -0.39 is 5.82 Å². The van der Waals surface area contributed by atoms with E-state index in [9.17, 15) is 4.39 Å². The Hall–Kier alpha value is -2.21. The van der Waals surface area contributed by atoms with E-state index in [2.05, 4.69) is 20.7 Å². The van der Waals surface area contributed by atoms with Gasteiger partial charge in [-0.15, -0.1) is 0 Å². The number of aromatic nitrogens is 2. The minimum absolute atomic E-state index is 0.0820. The highest BCUT2D eigenvalue weighted by Crippen LogP contribution is 2.18. The molecule has 2 rings (SSSR count). The van der Waals surface area contributed by atoms with Gasteiger partial charge in [-0.3, -0.25) is 5.43 Å². The third-order valence-electron chi connectivity index (χ3n) is 2.15. The lowest BCUT2D eigenvalue weighted by Gasteiger charge is -2.08. The number of hydrogen-bond donors (Lipinski definition) is 3. The van der Waals surface area contributed by atoms with Gasteiger partial charge in [-0.05, 0) is 24.6 Å². The zero-order valence-corrected chi connectivity index (χ0v) is 9.24. The van der Waals surface area contributed by atoms with Crippen LogP contribution in [0.4, 0.5) is 21.8 Å². The van der Waals surface area contributed by atoms with Gasteiger partial charge in [0.2, 0.25) is 5.95 Å². The highest BCUT2D eigenvalue weighted by Gasteiger charge is 2.06. The third kappa shape index (κ3) is 2.67. The molecule has 5 nitrogen and oxygen atoms in total. The largest absolute Gasteiger partial charge is 0.338 e. The van der Waals surface area contributed by atoms with Crippen molar-refractivity contribution < 1.29 is 4.39 Å². The summed E-state index contributed by atoms with van der Waals surface area (Å²) in [7, 11) is 0. The van der Waals surface area contributed by atoms with E-state index in [4.69, 9.17) is 5.84 Å². The van der Waals surface area contributed by atoms with Crippen LogP contribution in [0.3, 0.4) is 0 Å². The second-order valence-electron chi connectivity index (χ2n) is 3.53. The van der Waals surface area contributed by atoms with Crippen LogP contribution in [0.15, 0.2) is 30.5 Å². The fraction of sp³-hybridized carbons (Fsp3) is 0.0909. The fourth-order valence-electron chi connectivity index (χ4n) is 1.38. The zero-order chi connectivity index (χ0) is 12.3. The molecule has 4 N–H and O–H groups in total. The predicted octanol–water partition coefficient (Wildman–Crippen LogP) is 1.95. The Morgan fingerprint density at radius 3 is 2.88 bits per heavy atom. The molecule has 0 spiro atoms. The van der Waals surface area contributed by atoms with Crippen LogP contribution in [0.5, 0.6) is 0 Å². The molecular weight excluding hydrogens is 221 g/mol. The van der Waals surface area contributed by atoms with Crippen molar-refractivity contribution in [2.75, 3.05) is 10.7 Å². The van der Waals surface area contributed by atoms with Crippen molar-refractivity contribution in [2.45, 2.75) is 6.92 Å². The summed E-state index contributed by atoms with van der Waals surface area (Å²) in [4.78, 5) is 7.54. The number of nitrogens with two attached hydrogens (primary N) is 1. The summed E-state index contributed by atoms with van der Waals surface area (Å²) in [6, 6.07) is 7.54. The van der Waals surface area contributed by atoms with E-state index in [0.29, 0.717) is 0 Å². The maximum Gasteiger partial charge on any atom is 0.239 e. The minimum Gasteiger partial charge on any atom is -0.338 e. The number of hydrazine groups is 1. The van der Waals surface area contributed by atoms with Crippen LogP contribution < -0.4 is 16.6 Å². The number of aryl methyl sites for hydroxylation is 1. The Bertz CT molecular complexity index is 529. The molecule has 88 valence electrons. The van der Waals surface area contributed by atoms with Gasteiger partial charge in [-0.2, -0.15) is 4.98 Å². The Balaban J connectivity index is 2.29. The van der Waals surface area contributed by atoms with Crippen LogP contribution in [0, 0.1) is 12.7 Å². The molecule has 0 aliphatic rings. The molecule has 6 heteroatoms. The Kier molecular flexibility index (Phi) is 3.15. The molecule has 0 fully saturated rings. The quantitative estimate of drug-likeness (QED) is 0.558. The van der Waals surface area contributed by atoms with Crippen LogP contribution in [-0.4, -0.2) is 9.97 Å². The summed E-state index contributed by atoms with van der Waals surface area (Å²) < 4.78 is 13.4. The van der Waals surface area contributed by atoms with Crippen molar-refractivity contribution in [2.24, 2.45) is 5.84 Å². The molecule has 1 aromatic heterocycles. The first-order valence-corrected chi connectivity index (χ1v) is 5.02. The van der Waals surface area contributed by atoms with Crippen molar-refractivity contribution in [1.29, 1.82) is 0 Å². The maximum atomic E-state index is 13.4. The number of benzene rings is 1. The summed E-state index contributed by atoms with van der Waals surface area (Å²) in [5.74, 6) is 4.86. The molecular formula is C11H12FN5. The summed E-state index contributed by atoms with van der Waals surface area (Å²) >= 11 is 0. The second-order valence-corrected chi connectivity index (χ2v) is 3.53. The third-order valence-corrected chi connectivity index (χ3v) is 2.15. The van der Waals surface area contributed by atoms with Gasteiger partial charge in [0.25, 0.3) is 0 Å². The monoisotopic (exact) mass is 233 g/mol. The highest BCUT2D eigenvalue weighted by atomic mass is 19.1. The lowest BCUT2D eigenvalue weighted by atomic mass is 10.2. The number of hydrogen-bond acceptors (Lipinski definition) is 5.